The summed E-state index contributed by atoms with van der Waals surface area (Å²) in [5.74, 6) is -0.964. The van der Waals surface area contributed by atoms with Crippen LogP contribution in [0.25, 0.3) is 10.9 Å². The van der Waals surface area contributed by atoms with Crippen molar-refractivity contribution in [2.75, 3.05) is 13.7 Å². The van der Waals surface area contributed by atoms with Gasteiger partial charge >= 0.3 is 12.1 Å². The molecule has 4 aromatic rings. The van der Waals surface area contributed by atoms with Crippen LogP contribution in [-0.2, 0) is 45.7 Å². The van der Waals surface area contributed by atoms with Crippen LogP contribution in [0.1, 0.15) is 16.7 Å². The Kier molecular flexibility index (Phi) is 8.77. The first-order valence-electron chi connectivity index (χ1n) is 12.3. The molecule has 0 bridgehead atoms. The maximum Gasteiger partial charge on any atom is 0.408 e. The second-order valence-electron chi connectivity index (χ2n) is 9.00. The van der Waals surface area contributed by atoms with E-state index >= 15 is 0 Å². The number of nitrogens with zero attached hydrogens (tertiary/aromatic N) is 2. The van der Waals surface area contributed by atoms with Crippen molar-refractivity contribution in [3.8, 4) is 0 Å². The molecule has 0 saturated heterocycles. The molecular formula is C30H31N3O5. The summed E-state index contributed by atoms with van der Waals surface area (Å²) in [5, 5.41) is 3.73. The average molecular weight is 514 g/mol. The molecule has 1 heterocycles. The fourth-order valence-electron chi connectivity index (χ4n) is 4.37. The van der Waals surface area contributed by atoms with E-state index in [0.717, 1.165) is 27.6 Å². The zero-order valence-corrected chi connectivity index (χ0v) is 21.5. The number of esters is 1. The van der Waals surface area contributed by atoms with Crippen LogP contribution in [0.3, 0.4) is 0 Å². The van der Waals surface area contributed by atoms with Crippen LogP contribution in [0.15, 0.2) is 91.1 Å². The Hall–Kier alpha value is -4.59. The Labute approximate surface area is 221 Å². The Bertz CT molecular complexity index is 1390. The monoisotopic (exact) mass is 513 g/mol. The first kappa shape index (κ1) is 26.5. The van der Waals surface area contributed by atoms with E-state index in [2.05, 4.69) is 5.32 Å². The molecule has 8 heteroatoms. The normalized spacial score (nSPS) is 11.5. The molecule has 0 unspecified atom stereocenters. The minimum absolute atomic E-state index is 0.0672. The minimum atomic E-state index is -0.975. The van der Waals surface area contributed by atoms with E-state index in [1.165, 1.54) is 12.0 Å². The van der Waals surface area contributed by atoms with Crippen LogP contribution in [0.4, 0.5) is 4.79 Å². The Balaban J connectivity index is 1.60. The lowest BCUT2D eigenvalue weighted by Gasteiger charge is -2.27. The van der Waals surface area contributed by atoms with Crippen molar-refractivity contribution < 1.29 is 23.9 Å². The maximum absolute atomic E-state index is 13.9. The predicted octanol–water partition coefficient (Wildman–Crippen LogP) is 4.22. The van der Waals surface area contributed by atoms with E-state index in [1.54, 1.807) is 0 Å². The summed E-state index contributed by atoms with van der Waals surface area (Å²) in [6.07, 6.45) is 1.45. The van der Waals surface area contributed by atoms with Crippen molar-refractivity contribution in [2.45, 2.75) is 25.6 Å². The van der Waals surface area contributed by atoms with Crippen molar-refractivity contribution in [3.05, 3.63) is 108 Å². The second-order valence-corrected chi connectivity index (χ2v) is 9.00. The zero-order valence-electron chi connectivity index (χ0n) is 21.5. The molecule has 0 aliphatic carbocycles. The number of alkyl carbamates (subject to hydrolysis) is 1. The molecule has 2 amide bonds. The number of amides is 2. The van der Waals surface area contributed by atoms with E-state index in [-0.39, 0.29) is 26.1 Å². The molecule has 0 fully saturated rings. The van der Waals surface area contributed by atoms with Crippen LogP contribution < -0.4 is 5.32 Å². The standard InChI is InChI=1S/C30H31N3O5/c1-32-19-24(25-15-9-10-16-27(25)32)17-26(31-30(36)38-21-23-13-7-4-8-14-23)29(35)33(20-28(34)37-2)18-22-11-5-3-6-12-22/h3-16,19,26H,17-18,20-21H2,1-2H3,(H,31,36)/t26-/m0/s1. The van der Waals surface area contributed by atoms with Gasteiger partial charge in [0.1, 0.15) is 19.2 Å². The number of hydrogen-bond donors (Lipinski definition) is 1. The first-order valence-corrected chi connectivity index (χ1v) is 12.3. The average Bonchev–Trinajstić information content (AvgIpc) is 3.26. The SMILES string of the molecule is COC(=O)CN(Cc1ccccc1)C(=O)[C@H](Cc1cn(C)c2ccccc12)NC(=O)OCc1ccccc1. The van der Waals surface area contributed by atoms with Gasteiger partial charge in [0.15, 0.2) is 0 Å². The largest absolute Gasteiger partial charge is 0.468 e. The summed E-state index contributed by atoms with van der Waals surface area (Å²) in [4.78, 5) is 40.4. The van der Waals surface area contributed by atoms with Gasteiger partial charge in [-0.25, -0.2) is 4.79 Å². The van der Waals surface area contributed by atoms with Crippen molar-refractivity contribution >= 4 is 28.9 Å². The lowest BCUT2D eigenvalue weighted by molar-refractivity contribution is -0.148. The summed E-state index contributed by atoms with van der Waals surface area (Å²) < 4.78 is 12.3. The molecule has 0 spiro atoms. The third kappa shape index (κ3) is 6.79. The molecule has 38 heavy (non-hydrogen) atoms. The van der Waals surface area contributed by atoms with Crippen LogP contribution >= 0.6 is 0 Å². The fourth-order valence-corrected chi connectivity index (χ4v) is 4.37. The Morgan fingerprint density at radius 2 is 1.53 bits per heavy atom. The number of methoxy groups -OCH3 is 1. The molecule has 1 aromatic heterocycles. The number of aromatic nitrogens is 1. The number of benzene rings is 3. The van der Waals surface area contributed by atoms with Gasteiger partial charge in [-0.2, -0.15) is 0 Å². The van der Waals surface area contributed by atoms with Gasteiger partial charge in [0.05, 0.1) is 7.11 Å². The maximum atomic E-state index is 13.9. The van der Waals surface area contributed by atoms with Crippen LogP contribution in [0, 0.1) is 0 Å². The van der Waals surface area contributed by atoms with Crippen molar-refractivity contribution in [1.82, 2.24) is 14.8 Å². The summed E-state index contributed by atoms with van der Waals surface area (Å²) in [6, 6.07) is 25.5. The number of rotatable bonds is 10. The number of carbonyl (C=O) groups excluding carboxylic acids is 3. The quantitative estimate of drug-likeness (QED) is 0.321. The molecule has 1 N–H and O–H groups in total. The van der Waals surface area contributed by atoms with E-state index < -0.39 is 24.0 Å². The topological polar surface area (TPSA) is 89.9 Å². The second kappa shape index (κ2) is 12.6. The van der Waals surface area contributed by atoms with Crippen LogP contribution in [-0.4, -0.2) is 47.1 Å². The highest BCUT2D eigenvalue weighted by Gasteiger charge is 2.29. The Morgan fingerprint density at radius 3 is 2.21 bits per heavy atom. The number of nitrogens with one attached hydrogen (secondary N) is 1. The molecule has 1 atom stereocenters. The smallest absolute Gasteiger partial charge is 0.408 e. The van der Waals surface area contributed by atoms with Crippen molar-refractivity contribution in [2.24, 2.45) is 7.05 Å². The van der Waals surface area contributed by atoms with Gasteiger partial charge in [-0.1, -0.05) is 78.9 Å². The molecule has 3 aromatic carbocycles. The van der Waals surface area contributed by atoms with E-state index in [0.29, 0.717) is 0 Å². The molecule has 0 aliphatic rings. The number of hydrogen-bond acceptors (Lipinski definition) is 5. The highest BCUT2D eigenvalue weighted by Crippen LogP contribution is 2.22. The Morgan fingerprint density at radius 1 is 0.895 bits per heavy atom. The van der Waals surface area contributed by atoms with Crippen molar-refractivity contribution in [3.63, 3.8) is 0 Å². The van der Waals surface area contributed by atoms with Gasteiger partial charge in [-0.3, -0.25) is 9.59 Å². The molecule has 196 valence electrons. The fraction of sp³-hybridized carbons (Fsp3) is 0.233. The van der Waals surface area contributed by atoms with E-state index in [9.17, 15) is 14.4 Å². The third-order valence-corrected chi connectivity index (χ3v) is 6.28. The summed E-state index contributed by atoms with van der Waals surface area (Å²) in [5.41, 5.74) is 3.58. The lowest BCUT2D eigenvalue weighted by Crippen LogP contribution is -2.50. The summed E-state index contributed by atoms with van der Waals surface area (Å²) in [6.45, 7) is -0.00367. The summed E-state index contributed by atoms with van der Waals surface area (Å²) >= 11 is 0. The number of ether oxygens (including phenoxy) is 2. The molecule has 8 nitrogen and oxygen atoms in total. The molecule has 0 radical (unpaired) electrons. The van der Waals surface area contributed by atoms with E-state index in [1.807, 2.05) is 103 Å². The molecular weight excluding hydrogens is 482 g/mol. The zero-order chi connectivity index (χ0) is 26.9. The number of aryl methyl sites for hydroxylation is 1. The summed E-state index contributed by atoms with van der Waals surface area (Å²) in [7, 11) is 3.21. The van der Waals surface area contributed by atoms with Gasteiger partial charge < -0.3 is 24.3 Å². The highest BCUT2D eigenvalue weighted by atomic mass is 16.5. The van der Waals surface area contributed by atoms with Crippen molar-refractivity contribution in [1.29, 1.82) is 0 Å². The third-order valence-electron chi connectivity index (χ3n) is 6.28. The number of para-hydroxylation sites is 1. The lowest BCUT2D eigenvalue weighted by atomic mass is 10.0. The van der Waals surface area contributed by atoms with Gasteiger partial charge in [-0.05, 0) is 22.8 Å². The van der Waals surface area contributed by atoms with Gasteiger partial charge in [0, 0.05) is 37.1 Å². The number of carbonyl (C=O) groups is 3. The molecule has 0 aliphatic heterocycles. The van der Waals surface area contributed by atoms with Gasteiger partial charge in [0.2, 0.25) is 5.91 Å². The first-order chi connectivity index (χ1) is 18.4. The number of fused-ring (bicyclic) bond motifs is 1. The predicted molar refractivity (Wildman–Crippen MR) is 144 cm³/mol. The van der Waals surface area contributed by atoms with Gasteiger partial charge in [0.25, 0.3) is 0 Å². The van der Waals surface area contributed by atoms with Crippen LogP contribution in [0.5, 0.6) is 0 Å². The highest BCUT2D eigenvalue weighted by molar-refractivity contribution is 5.90. The van der Waals surface area contributed by atoms with Gasteiger partial charge in [-0.15, -0.1) is 0 Å². The molecule has 4 rings (SSSR count). The van der Waals surface area contributed by atoms with Crippen LogP contribution in [0.2, 0.25) is 0 Å². The molecule has 0 saturated carbocycles. The minimum Gasteiger partial charge on any atom is -0.468 e. The van der Waals surface area contributed by atoms with E-state index in [4.69, 9.17) is 9.47 Å².